The zero-order valence-corrected chi connectivity index (χ0v) is 7.43. The Morgan fingerprint density at radius 3 is 2.57 bits per heavy atom. The normalized spacial score (nSPS) is 21.3. The number of urea groups is 1. The van der Waals surface area contributed by atoms with Gasteiger partial charge in [-0.1, -0.05) is 30.3 Å². The van der Waals surface area contributed by atoms with Crippen LogP contribution in [0.4, 0.5) is 4.79 Å². The van der Waals surface area contributed by atoms with Gasteiger partial charge in [-0.05, 0) is 5.56 Å². The van der Waals surface area contributed by atoms with Gasteiger partial charge in [-0.15, -0.1) is 0 Å². The van der Waals surface area contributed by atoms with Crippen LogP contribution in [-0.2, 0) is 4.79 Å². The van der Waals surface area contributed by atoms with Crippen LogP contribution in [0.5, 0.6) is 0 Å². The monoisotopic (exact) mass is 189 g/mol. The standard InChI is InChI=1S/C10H9N2O2/c13-9-6-8(11-10(14)12-9)7-4-2-1-3-5-7/h1-5,8H,6H2,(H,11,14). The zero-order valence-electron chi connectivity index (χ0n) is 7.43. The van der Waals surface area contributed by atoms with Crippen molar-refractivity contribution in [2.24, 2.45) is 0 Å². The number of amides is 3. The summed E-state index contributed by atoms with van der Waals surface area (Å²) >= 11 is 0. The average Bonchev–Trinajstić information content (AvgIpc) is 2.18. The Hall–Kier alpha value is -1.84. The van der Waals surface area contributed by atoms with Crippen LogP contribution in [0.3, 0.4) is 0 Å². The Kier molecular flexibility index (Phi) is 2.18. The highest BCUT2D eigenvalue weighted by Gasteiger charge is 2.26. The molecule has 1 fully saturated rings. The number of nitrogens with one attached hydrogen (secondary N) is 1. The Morgan fingerprint density at radius 1 is 1.21 bits per heavy atom. The van der Waals surface area contributed by atoms with E-state index in [-0.39, 0.29) is 18.4 Å². The quantitative estimate of drug-likeness (QED) is 0.715. The van der Waals surface area contributed by atoms with Gasteiger partial charge in [0, 0.05) is 0 Å². The van der Waals surface area contributed by atoms with Crippen LogP contribution in [0.1, 0.15) is 18.0 Å². The van der Waals surface area contributed by atoms with Gasteiger partial charge in [-0.25, -0.2) is 4.79 Å². The molecule has 2 rings (SSSR count). The third-order valence-electron chi connectivity index (χ3n) is 2.10. The molecule has 0 spiro atoms. The van der Waals surface area contributed by atoms with Crippen LogP contribution in [0, 0.1) is 0 Å². The summed E-state index contributed by atoms with van der Waals surface area (Å²) in [6.07, 6.45) is 0.246. The number of benzene rings is 1. The van der Waals surface area contributed by atoms with Gasteiger partial charge in [0.1, 0.15) is 0 Å². The molecule has 1 aromatic rings. The topological polar surface area (TPSA) is 60.3 Å². The summed E-state index contributed by atoms with van der Waals surface area (Å²) in [6.45, 7) is 0. The lowest BCUT2D eigenvalue weighted by Gasteiger charge is -2.21. The van der Waals surface area contributed by atoms with Gasteiger partial charge in [0.25, 0.3) is 5.91 Å². The first kappa shape index (κ1) is 8.74. The lowest BCUT2D eigenvalue weighted by Crippen LogP contribution is -2.43. The van der Waals surface area contributed by atoms with E-state index in [9.17, 15) is 9.59 Å². The molecule has 1 heterocycles. The van der Waals surface area contributed by atoms with Crippen LogP contribution in [0.2, 0.25) is 0 Å². The lowest BCUT2D eigenvalue weighted by molar-refractivity contribution is -0.121. The number of imide groups is 1. The summed E-state index contributed by atoms with van der Waals surface area (Å²) in [6, 6.07) is 8.62. The largest absolute Gasteiger partial charge is 0.344 e. The van der Waals surface area contributed by atoms with Crippen LogP contribution in [0.15, 0.2) is 30.3 Å². The van der Waals surface area contributed by atoms with E-state index in [1.807, 2.05) is 30.3 Å². The van der Waals surface area contributed by atoms with Crippen molar-refractivity contribution in [3.8, 4) is 0 Å². The van der Waals surface area contributed by atoms with Crippen molar-refractivity contribution in [2.45, 2.75) is 12.5 Å². The van der Waals surface area contributed by atoms with Gasteiger partial charge < -0.3 is 5.32 Å². The maximum absolute atomic E-state index is 11.0. The molecule has 1 atom stereocenters. The molecule has 3 amide bonds. The van der Waals surface area contributed by atoms with E-state index in [0.29, 0.717) is 0 Å². The van der Waals surface area contributed by atoms with Crippen molar-refractivity contribution in [3.63, 3.8) is 0 Å². The smallest absolute Gasteiger partial charge is 0.329 e. The van der Waals surface area contributed by atoms with Gasteiger partial charge in [-0.2, -0.15) is 5.32 Å². The number of carbonyl (C=O) groups is 2. The summed E-state index contributed by atoms with van der Waals surface area (Å²) in [5, 5.41) is 5.91. The first-order valence-corrected chi connectivity index (χ1v) is 4.36. The Balaban J connectivity index is 2.19. The molecule has 0 aliphatic carbocycles. The predicted molar refractivity (Wildman–Crippen MR) is 49.5 cm³/mol. The van der Waals surface area contributed by atoms with Crippen molar-refractivity contribution >= 4 is 11.9 Å². The molecule has 4 nitrogen and oxygen atoms in total. The van der Waals surface area contributed by atoms with E-state index in [0.717, 1.165) is 5.56 Å². The number of hydrogen-bond donors (Lipinski definition) is 1. The van der Waals surface area contributed by atoms with E-state index in [4.69, 9.17) is 0 Å². The number of rotatable bonds is 1. The Bertz CT molecular complexity index is 346. The minimum atomic E-state index is -0.546. The van der Waals surface area contributed by atoms with Gasteiger partial charge in [-0.3, -0.25) is 4.79 Å². The van der Waals surface area contributed by atoms with Crippen molar-refractivity contribution < 1.29 is 9.59 Å². The Labute approximate surface area is 81.3 Å². The highest BCUT2D eigenvalue weighted by molar-refractivity contribution is 5.96. The molecule has 0 bridgehead atoms. The number of nitrogens with zero attached hydrogens (tertiary/aromatic N) is 1. The zero-order chi connectivity index (χ0) is 9.97. The van der Waals surface area contributed by atoms with E-state index in [2.05, 4.69) is 10.6 Å². The van der Waals surface area contributed by atoms with Crippen molar-refractivity contribution in [3.05, 3.63) is 35.9 Å². The molecule has 0 saturated carbocycles. The first-order valence-electron chi connectivity index (χ1n) is 4.36. The second-order valence-electron chi connectivity index (χ2n) is 3.12. The van der Waals surface area contributed by atoms with Gasteiger partial charge >= 0.3 is 6.03 Å². The van der Waals surface area contributed by atoms with E-state index >= 15 is 0 Å². The van der Waals surface area contributed by atoms with E-state index < -0.39 is 6.03 Å². The SMILES string of the molecule is O=C1CC(c2ccccc2)NC(=O)[N]1. The van der Waals surface area contributed by atoms with E-state index in [1.54, 1.807) is 0 Å². The summed E-state index contributed by atoms with van der Waals surface area (Å²) in [4.78, 5) is 22.0. The molecule has 1 aliphatic rings. The molecule has 14 heavy (non-hydrogen) atoms. The third-order valence-corrected chi connectivity index (χ3v) is 2.10. The molecular weight excluding hydrogens is 180 g/mol. The lowest BCUT2D eigenvalue weighted by atomic mass is 10.0. The summed E-state index contributed by atoms with van der Waals surface area (Å²) < 4.78 is 0. The number of hydrogen-bond acceptors (Lipinski definition) is 2. The predicted octanol–water partition coefficient (Wildman–Crippen LogP) is 0.972. The van der Waals surface area contributed by atoms with Crippen LogP contribution in [-0.4, -0.2) is 11.9 Å². The minimum Gasteiger partial charge on any atom is -0.329 e. The second-order valence-corrected chi connectivity index (χ2v) is 3.12. The molecule has 1 aliphatic heterocycles. The highest BCUT2D eigenvalue weighted by Crippen LogP contribution is 2.18. The third kappa shape index (κ3) is 1.74. The average molecular weight is 189 g/mol. The fourth-order valence-electron chi connectivity index (χ4n) is 1.45. The van der Waals surface area contributed by atoms with Crippen molar-refractivity contribution in [1.82, 2.24) is 10.6 Å². The minimum absolute atomic E-state index is 0.228. The molecule has 0 aromatic heterocycles. The summed E-state index contributed by atoms with van der Waals surface area (Å²) in [5.74, 6) is -0.359. The number of carbonyl (C=O) groups excluding carboxylic acids is 2. The van der Waals surface area contributed by atoms with Crippen LogP contribution in [0.25, 0.3) is 0 Å². The molecule has 1 radical (unpaired) electrons. The highest BCUT2D eigenvalue weighted by atomic mass is 16.2. The van der Waals surface area contributed by atoms with Crippen molar-refractivity contribution in [1.29, 1.82) is 0 Å². The van der Waals surface area contributed by atoms with Gasteiger partial charge in [0.15, 0.2) is 0 Å². The van der Waals surface area contributed by atoms with Gasteiger partial charge in [0.05, 0.1) is 12.5 Å². The van der Waals surface area contributed by atoms with E-state index in [1.165, 1.54) is 0 Å². The molecule has 1 saturated heterocycles. The maximum Gasteiger partial charge on any atom is 0.344 e. The summed E-state index contributed by atoms with van der Waals surface area (Å²) in [5.41, 5.74) is 0.934. The molecule has 4 heteroatoms. The van der Waals surface area contributed by atoms with Crippen LogP contribution >= 0.6 is 0 Å². The van der Waals surface area contributed by atoms with Crippen LogP contribution < -0.4 is 10.6 Å². The first-order chi connectivity index (χ1) is 6.75. The Morgan fingerprint density at radius 2 is 1.93 bits per heavy atom. The maximum atomic E-state index is 11.0. The fourth-order valence-corrected chi connectivity index (χ4v) is 1.45. The van der Waals surface area contributed by atoms with Gasteiger partial charge in [0.2, 0.25) is 0 Å². The second kappa shape index (κ2) is 3.49. The molecular formula is C10H9N2O2. The van der Waals surface area contributed by atoms with Crippen molar-refractivity contribution in [2.75, 3.05) is 0 Å². The molecule has 71 valence electrons. The fraction of sp³-hybridized carbons (Fsp3) is 0.200. The summed E-state index contributed by atoms with van der Waals surface area (Å²) in [7, 11) is 0. The molecule has 1 N–H and O–H groups in total. The molecule has 1 unspecified atom stereocenters. The molecule has 1 aromatic carbocycles.